The highest BCUT2D eigenvalue weighted by molar-refractivity contribution is 7.10. The first-order valence-electron chi connectivity index (χ1n) is 8.30. The van der Waals surface area contributed by atoms with Gasteiger partial charge in [-0.3, -0.25) is 0 Å². The molecule has 136 valence electrons. The Kier molecular flexibility index (Phi) is 7.01. The summed E-state index contributed by atoms with van der Waals surface area (Å²) in [5.74, 6) is -0.999. The number of aliphatic carboxylic acids is 1. The standard InChI is InChI=1S/C18H24N2O3S2/c1-3-4-9-18(2,16(21)22)19-17(23)20(12-14-7-5-10-24-14)13-15-8-6-11-25-15/h5-8,10-11H,3-4,9,12-13H2,1-2H3,(H,19,23)(H,21,22)/t18-/m1/s1. The van der Waals surface area contributed by atoms with Crippen molar-refractivity contribution in [2.45, 2.75) is 51.7 Å². The number of urea groups is 1. The minimum absolute atomic E-state index is 0.345. The molecular weight excluding hydrogens is 356 g/mol. The Balaban J connectivity index is 2.13. The van der Waals surface area contributed by atoms with E-state index in [1.54, 1.807) is 34.5 Å². The van der Waals surface area contributed by atoms with Gasteiger partial charge in [-0.05, 0) is 36.2 Å². The largest absolute Gasteiger partial charge is 0.480 e. The highest BCUT2D eigenvalue weighted by Crippen LogP contribution is 2.20. The molecule has 2 rings (SSSR count). The molecule has 2 aromatic rings. The summed E-state index contributed by atoms with van der Waals surface area (Å²) in [7, 11) is 0. The molecule has 0 fully saturated rings. The summed E-state index contributed by atoms with van der Waals surface area (Å²) in [6, 6.07) is 7.51. The molecule has 0 aliphatic rings. The monoisotopic (exact) mass is 380 g/mol. The number of carboxylic acids is 1. The lowest BCUT2D eigenvalue weighted by molar-refractivity contribution is -0.144. The molecule has 2 aromatic heterocycles. The van der Waals surface area contributed by atoms with Gasteiger partial charge in [-0.2, -0.15) is 0 Å². The second-order valence-corrected chi connectivity index (χ2v) is 8.25. The molecule has 25 heavy (non-hydrogen) atoms. The Morgan fingerprint density at radius 2 is 1.72 bits per heavy atom. The molecule has 1 atom stereocenters. The summed E-state index contributed by atoms with van der Waals surface area (Å²) in [6.45, 7) is 4.51. The first kappa shape index (κ1) is 19.5. The summed E-state index contributed by atoms with van der Waals surface area (Å²) < 4.78 is 0. The first-order chi connectivity index (χ1) is 11.9. The molecule has 7 heteroatoms. The highest BCUT2D eigenvalue weighted by Gasteiger charge is 2.35. The Morgan fingerprint density at radius 3 is 2.12 bits per heavy atom. The predicted octanol–water partition coefficient (Wildman–Crippen LogP) is 4.55. The average molecular weight is 381 g/mol. The van der Waals surface area contributed by atoms with Crippen LogP contribution in [0.1, 0.15) is 42.9 Å². The van der Waals surface area contributed by atoms with Crippen molar-refractivity contribution in [2.75, 3.05) is 0 Å². The van der Waals surface area contributed by atoms with E-state index in [2.05, 4.69) is 5.32 Å². The van der Waals surface area contributed by atoms with Crippen molar-refractivity contribution in [3.63, 3.8) is 0 Å². The number of carbonyl (C=O) groups is 2. The summed E-state index contributed by atoms with van der Waals surface area (Å²) in [5.41, 5.74) is -1.25. The maximum absolute atomic E-state index is 12.8. The summed E-state index contributed by atoms with van der Waals surface area (Å²) in [4.78, 5) is 28.3. The van der Waals surface area contributed by atoms with Crippen LogP contribution in [-0.2, 0) is 17.9 Å². The fourth-order valence-corrected chi connectivity index (χ4v) is 3.89. The Hall–Kier alpha value is -1.86. The van der Waals surface area contributed by atoms with Gasteiger partial charge >= 0.3 is 12.0 Å². The number of carbonyl (C=O) groups excluding carboxylic acids is 1. The summed E-state index contributed by atoms with van der Waals surface area (Å²) in [6.07, 6.45) is 2.04. The number of amides is 2. The molecular formula is C18H24N2O3S2. The molecule has 0 saturated heterocycles. The number of nitrogens with one attached hydrogen (secondary N) is 1. The SMILES string of the molecule is CCCC[C@@](C)(NC(=O)N(Cc1cccs1)Cc1cccs1)C(=O)O. The van der Waals surface area contributed by atoms with Crippen LogP contribution >= 0.6 is 22.7 Å². The molecule has 0 radical (unpaired) electrons. The second kappa shape index (κ2) is 9.01. The van der Waals surface area contributed by atoms with E-state index in [1.165, 1.54) is 0 Å². The molecule has 0 bridgehead atoms. The topological polar surface area (TPSA) is 69.6 Å². The van der Waals surface area contributed by atoms with E-state index in [0.29, 0.717) is 19.5 Å². The molecule has 0 unspecified atom stereocenters. The zero-order valence-corrected chi connectivity index (χ0v) is 16.2. The van der Waals surface area contributed by atoms with Crippen LogP contribution in [0.25, 0.3) is 0 Å². The van der Waals surface area contributed by atoms with E-state index in [4.69, 9.17) is 0 Å². The maximum atomic E-state index is 12.8. The third-order valence-electron chi connectivity index (χ3n) is 4.03. The molecule has 5 nitrogen and oxygen atoms in total. The minimum atomic E-state index is -1.25. The number of hydrogen-bond donors (Lipinski definition) is 2. The molecule has 2 N–H and O–H groups in total. The number of thiophene rings is 2. The van der Waals surface area contributed by atoms with Crippen LogP contribution in [0.3, 0.4) is 0 Å². The Labute approximate surface area is 156 Å². The van der Waals surface area contributed by atoms with E-state index < -0.39 is 11.5 Å². The molecule has 0 saturated carbocycles. The van der Waals surface area contributed by atoms with Gasteiger partial charge in [0.25, 0.3) is 0 Å². The van der Waals surface area contributed by atoms with Gasteiger partial charge in [-0.25, -0.2) is 9.59 Å². The number of carboxylic acid groups (broad SMARTS) is 1. The van der Waals surface area contributed by atoms with Crippen molar-refractivity contribution in [3.05, 3.63) is 44.8 Å². The van der Waals surface area contributed by atoms with Crippen molar-refractivity contribution in [1.29, 1.82) is 0 Å². The lowest BCUT2D eigenvalue weighted by Gasteiger charge is -2.30. The van der Waals surface area contributed by atoms with Crippen molar-refractivity contribution < 1.29 is 14.7 Å². The van der Waals surface area contributed by atoms with Gasteiger partial charge in [0.05, 0.1) is 13.1 Å². The van der Waals surface area contributed by atoms with Gasteiger partial charge < -0.3 is 15.3 Å². The van der Waals surface area contributed by atoms with Crippen molar-refractivity contribution >= 4 is 34.7 Å². The molecule has 0 aromatic carbocycles. The van der Waals surface area contributed by atoms with Gasteiger partial charge in [0, 0.05) is 9.75 Å². The second-order valence-electron chi connectivity index (χ2n) is 6.19. The van der Waals surface area contributed by atoms with Crippen LogP contribution in [0.4, 0.5) is 4.79 Å². The highest BCUT2D eigenvalue weighted by atomic mass is 32.1. The zero-order chi connectivity index (χ0) is 18.3. The zero-order valence-electron chi connectivity index (χ0n) is 14.5. The average Bonchev–Trinajstić information content (AvgIpc) is 3.26. The fraction of sp³-hybridized carbons (Fsp3) is 0.444. The van der Waals surface area contributed by atoms with Crippen LogP contribution in [0.2, 0.25) is 0 Å². The number of rotatable bonds is 9. The van der Waals surface area contributed by atoms with Crippen LogP contribution in [0.5, 0.6) is 0 Å². The van der Waals surface area contributed by atoms with Gasteiger partial charge in [-0.1, -0.05) is 31.9 Å². The van der Waals surface area contributed by atoms with E-state index in [-0.39, 0.29) is 6.03 Å². The summed E-state index contributed by atoms with van der Waals surface area (Å²) >= 11 is 3.17. The van der Waals surface area contributed by atoms with Crippen LogP contribution in [0, 0.1) is 0 Å². The molecule has 0 spiro atoms. The third kappa shape index (κ3) is 5.57. The minimum Gasteiger partial charge on any atom is -0.480 e. The lowest BCUT2D eigenvalue weighted by atomic mass is 9.95. The molecule has 0 aliphatic heterocycles. The normalized spacial score (nSPS) is 13.2. The smallest absolute Gasteiger partial charge is 0.329 e. The van der Waals surface area contributed by atoms with Crippen LogP contribution in [0.15, 0.2) is 35.0 Å². The fourth-order valence-electron chi connectivity index (χ4n) is 2.45. The molecule has 0 aliphatic carbocycles. The number of nitrogens with zero attached hydrogens (tertiary/aromatic N) is 1. The Bertz CT molecular complexity index is 634. The molecule has 2 heterocycles. The van der Waals surface area contributed by atoms with E-state index >= 15 is 0 Å². The van der Waals surface area contributed by atoms with Crippen LogP contribution in [-0.4, -0.2) is 27.5 Å². The van der Waals surface area contributed by atoms with Gasteiger partial charge in [0.1, 0.15) is 5.54 Å². The van der Waals surface area contributed by atoms with Crippen molar-refractivity contribution in [2.24, 2.45) is 0 Å². The van der Waals surface area contributed by atoms with Crippen LogP contribution < -0.4 is 5.32 Å². The summed E-state index contributed by atoms with van der Waals surface area (Å²) in [5, 5.41) is 16.3. The maximum Gasteiger partial charge on any atom is 0.329 e. The van der Waals surface area contributed by atoms with Gasteiger partial charge in [0.2, 0.25) is 0 Å². The Morgan fingerprint density at radius 1 is 1.16 bits per heavy atom. The van der Waals surface area contributed by atoms with Gasteiger partial charge in [-0.15, -0.1) is 22.7 Å². The van der Waals surface area contributed by atoms with Gasteiger partial charge in [0.15, 0.2) is 0 Å². The molecule has 2 amide bonds. The predicted molar refractivity (Wildman–Crippen MR) is 102 cm³/mol. The van der Waals surface area contributed by atoms with E-state index in [1.807, 2.05) is 41.9 Å². The number of unbranched alkanes of at least 4 members (excludes halogenated alkanes) is 1. The van der Waals surface area contributed by atoms with E-state index in [0.717, 1.165) is 22.6 Å². The van der Waals surface area contributed by atoms with E-state index in [9.17, 15) is 14.7 Å². The third-order valence-corrected chi connectivity index (χ3v) is 5.75. The van der Waals surface area contributed by atoms with Crippen molar-refractivity contribution in [3.8, 4) is 0 Å². The van der Waals surface area contributed by atoms with Crippen molar-refractivity contribution in [1.82, 2.24) is 10.2 Å². The quantitative estimate of drug-likeness (QED) is 0.670. The number of hydrogen-bond acceptors (Lipinski definition) is 4. The lowest BCUT2D eigenvalue weighted by Crippen LogP contribution is -2.55. The first-order valence-corrected chi connectivity index (χ1v) is 10.1.